The molecule has 2 rings (SSSR count). The molecule has 2 nitrogen and oxygen atoms in total. The summed E-state index contributed by atoms with van der Waals surface area (Å²) in [7, 11) is 1.72. The minimum absolute atomic E-state index is 0. The lowest BCUT2D eigenvalue weighted by molar-refractivity contribution is -0.671. The van der Waals surface area contributed by atoms with E-state index in [0.29, 0.717) is 0 Å². The standard InChI is InChI=1S/C15H19INO.HI/c1-12-7-10-17(9-4-3-8-16)15-6-5-13(18-2)11-14(12)15;/h5-7,10-11H,3-4,8-9H2,1-2H3;1H/q+1;/p-1. The summed E-state index contributed by atoms with van der Waals surface area (Å²) in [5.41, 5.74) is 2.60. The molecule has 2 aromatic rings. The minimum Gasteiger partial charge on any atom is -1.00 e. The molecule has 4 heteroatoms. The van der Waals surface area contributed by atoms with Gasteiger partial charge in [0.1, 0.15) is 12.3 Å². The molecule has 1 aromatic carbocycles. The van der Waals surface area contributed by atoms with Gasteiger partial charge in [0.25, 0.3) is 0 Å². The van der Waals surface area contributed by atoms with E-state index in [2.05, 4.69) is 58.5 Å². The van der Waals surface area contributed by atoms with Crippen LogP contribution in [0.15, 0.2) is 30.5 Å². The Labute approximate surface area is 145 Å². The zero-order valence-electron chi connectivity index (χ0n) is 11.3. The molecule has 0 aliphatic heterocycles. The van der Waals surface area contributed by atoms with Crippen LogP contribution in [0.5, 0.6) is 5.75 Å². The topological polar surface area (TPSA) is 13.1 Å². The van der Waals surface area contributed by atoms with E-state index in [9.17, 15) is 0 Å². The van der Waals surface area contributed by atoms with Gasteiger partial charge < -0.3 is 28.7 Å². The number of halogens is 2. The first-order valence-electron chi connectivity index (χ1n) is 6.29. The Morgan fingerprint density at radius 3 is 2.68 bits per heavy atom. The van der Waals surface area contributed by atoms with Crippen molar-refractivity contribution in [3.05, 3.63) is 36.0 Å². The summed E-state index contributed by atoms with van der Waals surface area (Å²) in [6.07, 6.45) is 4.70. The van der Waals surface area contributed by atoms with Crippen LogP contribution in [0.3, 0.4) is 0 Å². The van der Waals surface area contributed by atoms with E-state index in [0.717, 1.165) is 12.3 Å². The molecule has 0 saturated heterocycles. The van der Waals surface area contributed by atoms with Crippen LogP contribution in [0.4, 0.5) is 0 Å². The average Bonchev–Trinajstić information content (AvgIpc) is 2.41. The van der Waals surface area contributed by atoms with Gasteiger partial charge in [-0.1, -0.05) is 22.6 Å². The molecule has 19 heavy (non-hydrogen) atoms. The van der Waals surface area contributed by atoms with E-state index in [-0.39, 0.29) is 24.0 Å². The molecule has 0 aliphatic rings. The lowest BCUT2D eigenvalue weighted by Gasteiger charge is -2.06. The summed E-state index contributed by atoms with van der Waals surface area (Å²) in [4.78, 5) is 0. The van der Waals surface area contributed by atoms with Crippen molar-refractivity contribution in [2.75, 3.05) is 11.5 Å². The number of aromatic nitrogens is 1. The Hall–Kier alpha value is -0.110. The van der Waals surface area contributed by atoms with Crippen molar-refractivity contribution in [1.29, 1.82) is 0 Å². The number of rotatable bonds is 5. The van der Waals surface area contributed by atoms with Crippen molar-refractivity contribution in [3.8, 4) is 5.75 Å². The lowest BCUT2D eigenvalue weighted by atomic mass is 10.1. The van der Waals surface area contributed by atoms with Crippen LogP contribution in [0.2, 0.25) is 0 Å². The van der Waals surface area contributed by atoms with Gasteiger partial charge in [-0.15, -0.1) is 0 Å². The summed E-state index contributed by atoms with van der Waals surface area (Å²) in [5, 5.41) is 1.28. The summed E-state index contributed by atoms with van der Waals surface area (Å²) < 4.78 is 8.88. The third-order valence-electron chi connectivity index (χ3n) is 3.23. The van der Waals surface area contributed by atoms with Gasteiger partial charge in [-0.25, -0.2) is 0 Å². The molecule has 0 atom stereocenters. The molecule has 0 bridgehead atoms. The van der Waals surface area contributed by atoms with Gasteiger partial charge in [-0.05, 0) is 35.5 Å². The van der Waals surface area contributed by atoms with Gasteiger partial charge in [0.2, 0.25) is 5.52 Å². The number of methoxy groups -OCH3 is 1. The second-order valence-corrected chi connectivity index (χ2v) is 5.55. The van der Waals surface area contributed by atoms with Crippen molar-refractivity contribution in [1.82, 2.24) is 0 Å². The summed E-state index contributed by atoms with van der Waals surface area (Å²) in [5.74, 6) is 0.926. The van der Waals surface area contributed by atoms with Gasteiger partial charge in [-0.3, -0.25) is 0 Å². The normalized spacial score (nSPS) is 10.3. The number of hydrogen-bond acceptors (Lipinski definition) is 1. The summed E-state index contributed by atoms with van der Waals surface area (Å²) in [6.45, 7) is 3.24. The van der Waals surface area contributed by atoms with Gasteiger partial charge in [0.05, 0.1) is 12.5 Å². The number of aryl methyl sites for hydroxylation is 2. The Balaban J connectivity index is 0.00000180. The summed E-state index contributed by atoms with van der Waals surface area (Å²) >= 11 is 2.44. The molecular formula is C15H19I2NO. The van der Waals surface area contributed by atoms with E-state index in [1.807, 2.05) is 6.07 Å². The number of hydrogen-bond donors (Lipinski definition) is 0. The average molecular weight is 483 g/mol. The van der Waals surface area contributed by atoms with E-state index in [1.54, 1.807) is 7.11 Å². The van der Waals surface area contributed by atoms with Gasteiger partial charge >= 0.3 is 0 Å². The van der Waals surface area contributed by atoms with Crippen LogP contribution < -0.4 is 33.3 Å². The van der Waals surface area contributed by atoms with Crippen molar-refractivity contribution < 1.29 is 33.3 Å². The first kappa shape index (κ1) is 16.9. The fourth-order valence-electron chi connectivity index (χ4n) is 2.15. The monoisotopic (exact) mass is 483 g/mol. The lowest BCUT2D eigenvalue weighted by Crippen LogP contribution is -3.00. The Bertz CT molecular complexity index is 543. The highest BCUT2D eigenvalue weighted by atomic mass is 127. The molecular weight excluding hydrogens is 464 g/mol. The largest absolute Gasteiger partial charge is 1.00 e. The fraction of sp³-hybridized carbons (Fsp3) is 0.400. The summed E-state index contributed by atoms with van der Waals surface area (Å²) in [6, 6.07) is 8.51. The van der Waals surface area contributed by atoms with Crippen LogP contribution in [0, 0.1) is 6.92 Å². The van der Waals surface area contributed by atoms with E-state index in [1.165, 1.54) is 33.7 Å². The van der Waals surface area contributed by atoms with E-state index < -0.39 is 0 Å². The molecule has 0 N–H and O–H groups in total. The number of alkyl halides is 1. The second kappa shape index (κ2) is 8.24. The fourth-order valence-corrected chi connectivity index (χ4v) is 2.69. The van der Waals surface area contributed by atoms with Crippen molar-refractivity contribution in [2.45, 2.75) is 26.3 Å². The molecule has 0 radical (unpaired) electrons. The van der Waals surface area contributed by atoms with E-state index in [4.69, 9.17) is 4.74 Å². The predicted molar refractivity (Wildman–Crippen MR) is 83.6 cm³/mol. The molecule has 0 fully saturated rings. The zero-order valence-corrected chi connectivity index (χ0v) is 15.6. The maximum Gasteiger partial charge on any atom is 0.213 e. The van der Waals surface area contributed by atoms with Crippen molar-refractivity contribution in [2.24, 2.45) is 0 Å². The maximum absolute atomic E-state index is 5.31. The van der Waals surface area contributed by atoms with Crippen LogP contribution in [0.1, 0.15) is 18.4 Å². The molecule has 0 aliphatic carbocycles. The number of ether oxygens (including phenoxy) is 1. The minimum atomic E-state index is 0. The maximum atomic E-state index is 5.31. The van der Waals surface area contributed by atoms with Gasteiger partial charge in [0.15, 0.2) is 6.20 Å². The predicted octanol–water partition coefficient (Wildman–Crippen LogP) is 0.664. The molecule has 0 saturated carbocycles. The molecule has 104 valence electrons. The smallest absolute Gasteiger partial charge is 0.213 e. The van der Waals surface area contributed by atoms with Gasteiger partial charge in [0, 0.05) is 18.6 Å². The highest BCUT2D eigenvalue weighted by Crippen LogP contribution is 2.21. The molecule has 0 spiro atoms. The van der Waals surface area contributed by atoms with Crippen molar-refractivity contribution >= 4 is 33.5 Å². The number of benzene rings is 1. The quantitative estimate of drug-likeness (QED) is 0.264. The van der Waals surface area contributed by atoms with Crippen LogP contribution in [-0.2, 0) is 6.54 Å². The van der Waals surface area contributed by atoms with Crippen LogP contribution in [0.25, 0.3) is 10.9 Å². The highest BCUT2D eigenvalue weighted by Gasteiger charge is 2.11. The Morgan fingerprint density at radius 1 is 1.21 bits per heavy atom. The van der Waals surface area contributed by atoms with Crippen LogP contribution >= 0.6 is 22.6 Å². The first-order chi connectivity index (χ1) is 8.76. The SMILES string of the molecule is COc1ccc2c(c1)c(C)cc[n+]2CCCCI.[I-]. The third kappa shape index (κ3) is 4.18. The van der Waals surface area contributed by atoms with Gasteiger partial charge in [-0.2, -0.15) is 4.57 Å². The number of pyridine rings is 1. The Kier molecular flexibility index (Phi) is 7.35. The molecule has 0 amide bonds. The van der Waals surface area contributed by atoms with Crippen molar-refractivity contribution in [3.63, 3.8) is 0 Å². The second-order valence-electron chi connectivity index (χ2n) is 4.47. The Morgan fingerprint density at radius 2 is 2.00 bits per heavy atom. The highest BCUT2D eigenvalue weighted by molar-refractivity contribution is 14.1. The zero-order chi connectivity index (χ0) is 13.0. The molecule has 1 heterocycles. The number of unbranched alkanes of at least 4 members (excludes halogenated alkanes) is 1. The molecule has 1 aromatic heterocycles. The first-order valence-corrected chi connectivity index (χ1v) is 7.81. The number of fused-ring (bicyclic) bond motifs is 1. The van der Waals surface area contributed by atoms with E-state index >= 15 is 0 Å². The molecule has 0 unspecified atom stereocenters. The van der Waals surface area contributed by atoms with Crippen LogP contribution in [-0.4, -0.2) is 11.5 Å². The number of nitrogens with zero attached hydrogens (tertiary/aromatic N) is 1. The third-order valence-corrected chi connectivity index (χ3v) is 3.99.